The van der Waals surface area contributed by atoms with E-state index in [-0.39, 0.29) is 35.4 Å². The molecule has 0 saturated heterocycles. The molecule has 3 aliphatic carbocycles. The third-order valence-electron chi connectivity index (χ3n) is 9.94. The van der Waals surface area contributed by atoms with Crippen molar-refractivity contribution in [2.24, 2.45) is 34.5 Å². The van der Waals surface area contributed by atoms with Crippen molar-refractivity contribution in [2.45, 2.75) is 71.9 Å². The first kappa shape index (κ1) is 23.6. The molecule has 1 aliphatic heterocycles. The first-order chi connectivity index (χ1) is 16.3. The molecule has 184 valence electrons. The summed E-state index contributed by atoms with van der Waals surface area (Å²) in [6, 6.07) is 8.43. The molecule has 1 heterocycles. The Kier molecular flexibility index (Phi) is 6.34. The van der Waals surface area contributed by atoms with Gasteiger partial charge in [-0.2, -0.15) is 0 Å². The number of esters is 1. The van der Waals surface area contributed by atoms with E-state index in [0.29, 0.717) is 36.9 Å². The molecule has 7 atom stereocenters. The highest BCUT2D eigenvalue weighted by Crippen LogP contribution is 2.64. The Hall–Kier alpha value is -2.14. The molecule has 1 aromatic rings. The lowest BCUT2D eigenvalue weighted by Crippen LogP contribution is -2.59. The van der Waals surface area contributed by atoms with Gasteiger partial charge in [-0.1, -0.05) is 49.8 Å². The highest BCUT2D eigenvalue weighted by atomic mass is 16.6. The number of aryl methyl sites for hydroxylation is 1. The van der Waals surface area contributed by atoms with Gasteiger partial charge in [0, 0.05) is 11.5 Å². The first-order valence-electron chi connectivity index (χ1n) is 13.1. The second kappa shape index (κ2) is 9.14. The lowest BCUT2D eigenvalue weighted by Gasteiger charge is -2.58. The van der Waals surface area contributed by atoms with Gasteiger partial charge in [0.25, 0.3) is 0 Å². The highest BCUT2D eigenvalue weighted by Gasteiger charge is 2.59. The van der Waals surface area contributed by atoms with Crippen molar-refractivity contribution in [1.29, 1.82) is 0 Å². The second-order valence-electron chi connectivity index (χ2n) is 11.7. The maximum Gasteiger partial charge on any atom is 0.332 e. The number of hydrogen-bond donors (Lipinski definition) is 1. The lowest BCUT2D eigenvalue weighted by molar-refractivity contribution is -0.153. The Bertz CT molecular complexity index is 955. The largest absolute Gasteiger partial charge is 0.464 e. The average molecular weight is 466 g/mol. The van der Waals surface area contributed by atoms with Crippen LogP contribution in [0.25, 0.3) is 0 Å². The van der Waals surface area contributed by atoms with Gasteiger partial charge >= 0.3 is 5.97 Å². The van der Waals surface area contributed by atoms with Crippen molar-refractivity contribution in [2.75, 3.05) is 13.2 Å². The fraction of sp³-hybridized carbons (Fsp3) is 0.655. The lowest BCUT2D eigenvalue weighted by atomic mass is 9.48. The number of ether oxygens (including phenoxy) is 2. The molecule has 4 aliphatic rings. The molecule has 0 spiro atoms. The van der Waals surface area contributed by atoms with Crippen LogP contribution in [0.5, 0.6) is 0 Å². The van der Waals surface area contributed by atoms with Gasteiger partial charge in [-0.25, -0.2) is 4.79 Å². The standard InChI is InChI=1S/C29H39NO4/c1-19-4-6-20(7-5-19)16-33-18-27(32)34-17-21-8-10-23-22-9-11-25-29(3,15-13-26(31)30-25)24(22)12-14-28(21,23)2/h4-7,13,15,21-25H,8-12,14,16-18H2,1-3H3,(H,30,31)/t21-,22?,23?,24?,25?,28-,29-/m1/s1. The van der Waals surface area contributed by atoms with Gasteiger partial charge in [0.1, 0.15) is 6.61 Å². The van der Waals surface area contributed by atoms with Crippen LogP contribution in [-0.4, -0.2) is 31.1 Å². The Morgan fingerprint density at radius 3 is 2.65 bits per heavy atom. The van der Waals surface area contributed by atoms with E-state index >= 15 is 0 Å². The first-order valence-corrected chi connectivity index (χ1v) is 13.1. The van der Waals surface area contributed by atoms with Crippen molar-refractivity contribution in [3.8, 4) is 0 Å². The summed E-state index contributed by atoms with van der Waals surface area (Å²) in [6.45, 7) is 7.80. The number of fused-ring (bicyclic) bond motifs is 5. The highest BCUT2D eigenvalue weighted by molar-refractivity contribution is 5.89. The van der Waals surface area contributed by atoms with Crippen LogP contribution in [-0.2, 0) is 25.7 Å². The van der Waals surface area contributed by atoms with E-state index in [1.807, 2.05) is 12.1 Å². The van der Waals surface area contributed by atoms with Crippen LogP contribution in [0.3, 0.4) is 0 Å². The molecule has 1 amide bonds. The SMILES string of the molecule is Cc1ccc(COCC(=O)OC[C@H]2CCC3C4CCC5NC(=O)C=C[C@]5(C)C4CC[C@@]32C)cc1. The van der Waals surface area contributed by atoms with Crippen LogP contribution in [0.2, 0.25) is 0 Å². The quantitative estimate of drug-likeness (QED) is 0.603. The van der Waals surface area contributed by atoms with E-state index in [0.717, 1.165) is 18.4 Å². The zero-order valence-electron chi connectivity index (χ0n) is 20.8. The Morgan fingerprint density at radius 2 is 1.85 bits per heavy atom. The van der Waals surface area contributed by atoms with Crippen molar-refractivity contribution < 1.29 is 19.1 Å². The smallest absolute Gasteiger partial charge is 0.332 e. The number of nitrogens with one attached hydrogen (secondary N) is 1. The van der Waals surface area contributed by atoms with E-state index in [9.17, 15) is 9.59 Å². The normalized spacial score (nSPS) is 38.4. The minimum absolute atomic E-state index is 0.00321. The maximum atomic E-state index is 12.4. The summed E-state index contributed by atoms with van der Waals surface area (Å²) in [5, 5.41) is 3.24. The number of amides is 1. The van der Waals surface area contributed by atoms with Gasteiger partial charge in [0.2, 0.25) is 5.91 Å². The second-order valence-corrected chi connectivity index (χ2v) is 11.7. The van der Waals surface area contributed by atoms with Gasteiger partial charge < -0.3 is 14.8 Å². The fourth-order valence-electron chi connectivity index (χ4n) is 7.89. The van der Waals surface area contributed by atoms with E-state index < -0.39 is 0 Å². The molecule has 3 saturated carbocycles. The monoisotopic (exact) mass is 465 g/mol. The Morgan fingerprint density at radius 1 is 1.06 bits per heavy atom. The summed E-state index contributed by atoms with van der Waals surface area (Å²) in [6.07, 6.45) is 10.9. The number of carbonyl (C=O) groups excluding carboxylic acids is 2. The van der Waals surface area contributed by atoms with Gasteiger partial charge in [0.15, 0.2) is 0 Å². The molecule has 4 unspecified atom stereocenters. The molecule has 0 bridgehead atoms. The van der Waals surface area contributed by atoms with E-state index in [2.05, 4.69) is 44.3 Å². The molecule has 5 heteroatoms. The van der Waals surface area contributed by atoms with E-state index in [4.69, 9.17) is 9.47 Å². The molecule has 1 aromatic carbocycles. The maximum absolute atomic E-state index is 12.4. The van der Waals surface area contributed by atoms with Gasteiger partial charge in [0.05, 0.1) is 13.2 Å². The zero-order valence-corrected chi connectivity index (χ0v) is 20.8. The third-order valence-corrected chi connectivity index (χ3v) is 9.94. The van der Waals surface area contributed by atoms with Gasteiger partial charge in [-0.3, -0.25) is 4.79 Å². The van der Waals surface area contributed by atoms with Crippen molar-refractivity contribution in [1.82, 2.24) is 5.32 Å². The predicted molar refractivity (Wildman–Crippen MR) is 131 cm³/mol. The Labute approximate surface area is 203 Å². The average Bonchev–Trinajstić information content (AvgIpc) is 3.16. The number of carbonyl (C=O) groups is 2. The minimum Gasteiger partial charge on any atom is -0.464 e. The van der Waals surface area contributed by atoms with Crippen LogP contribution in [0, 0.1) is 41.4 Å². The van der Waals surface area contributed by atoms with Crippen LogP contribution >= 0.6 is 0 Å². The summed E-state index contributed by atoms with van der Waals surface area (Å²) in [5.74, 6) is 2.22. The van der Waals surface area contributed by atoms with Crippen molar-refractivity contribution >= 4 is 11.9 Å². The fourth-order valence-corrected chi connectivity index (χ4v) is 7.89. The third kappa shape index (κ3) is 4.21. The van der Waals surface area contributed by atoms with Crippen molar-refractivity contribution in [3.05, 3.63) is 47.5 Å². The molecular weight excluding hydrogens is 426 g/mol. The molecule has 3 fully saturated rings. The molecule has 0 radical (unpaired) electrons. The number of hydrogen-bond acceptors (Lipinski definition) is 4. The summed E-state index contributed by atoms with van der Waals surface area (Å²) < 4.78 is 11.3. The summed E-state index contributed by atoms with van der Waals surface area (Å²) in [7, 11) is 0. The van der Waals surface area contributed by atoms with Crippen LogP contribution in [0.15, 0.2) is 36.4 Å². The molecule has 1 N–H and O–H groups in total. The number of benzene rings is 1. The molecule has 5 nitrogen and oxygen atoms in total. The topological polar surface area (TPSA) is 64.6 Å². The van der Waals surface area contributed by atoms with Gasteiger partial charge in [-0.05, 0) is 86.2 Å². The predicted octanol–water partition coefficient (Wildman–Crippen LogP) is 4.97. The molecular formula is C29H39NO4. The minimum atomic E-state index is -0.260. The van der Waals surface area contributed by atoms with Gasteiger partial charge in [-0.15, -0.1) is 0 Å². The summed E-state index contributed by atoms with van der Waals surface area (Å²) >= 11 is 0. The summed E-state index contributed by atoms with van der Waals surface area (Å²) in [5.41, 5.74) is 2.58. The molecule has 0 aromatic heterocycles. The molecule has 5 rings (SSSR count). The van der Waals surface area contributed by atoms with E-state index in [1.54, 1.807) is 6.08 Å². The number of rotatable bonds is 6. The van der Waals surface area contributed by atoms with Crippen LogP contribution < -0.4 is 5.32 Å². The van der Waals surface area contributed by atoms with Crippen LogP contribution in [0.1, 0.15) is 63.5 Å². The Balaban J connectivity index is 1.15. The van der Waals surface area contributed by atoms with Crippen molar-refractivity contribution in [3.63, 3.8) is 0 Å². The summed E-state index contributed by atoms with van der Waals surface area (Å²) in [4.78, 5) is 24.3. The van der Waals surface area contributed by atoms with Crippen LogP contribution in [0.4, 0.5) is 0 Å². The van der Waals surface area contributed by atoms with E-state index in [1.165, 1.54) is 31.2 Å². The zero-order chi connectivity index (χ0) is 23.9. The molecule has 34 heavy (non-hydrogen) atoms.